The lowest BCUT2D eigenvalue weighted by Crippen LogP contribution is -2.48. The van der Waals surface area contributed by atoms with Gasteiger partial charge in [0.25, 0.3) is 0 Å². The van der Waals surface area contributed by atoms with Gasteiger partial charge >= 0.3 is 0 Å². The van der Waals surface area contributed by atoms with Gasteiger partial charge in [0.1, 0.15) is 0 Å². The van der Waals surface area contributed by atoms with E-state index >= 15 is 0 Å². The van der Waals surface area contributed by atoms with E-state index in [4.69, 9.17) is 0 Å². The number of nitrogens with zero attached hydrogens (tertiary/aromatic N) is 1. The van der Waals surface area contributed by atoms with E-state index in [2.05, 4.69) is 17.1 Å². The molecule has 0 aromatic rings. The molecule has 1 saturated heterocycles. The molecule has 0 spiro atoms. The Balaban J connectivity index is 1.73. The van der Waals surface area contributed by atoms with E-state index in [1.54, 1.807) is 0 Å². The first kappa shape index (κ1) is 14.3. The molecular formula is C13H26N2O2S. The molecule has 0 aromatic carbocycles. The first-order chi connectivity index (χ1) is 8.61. The van der Waals surface area contributed by atoms with Gasteiger partial charge in [0, 0.05) is 25.2 Å². The normalized spacial score (nSPS) is 33.4. The summed E-state index contributed by atoms with van der Waals surface area (Å²) in [6.45, 7) is 4.82. The van der Waals surface area contributed by atoms with Gasteiger partial charge in [-0.15, -0.1) is 0 Å². The molecule has 106 valence electrons. The fourth-order valence-corrected chi connectivity index (χ4v) is 4.31. The Morgan fingerprint density at radius 1 is 1.11 bits per heavy atom. The van der Waals surface area contributed by atoms with Gasteiger partial charge in [-0.05, 0) is 38.6 Å². The van der Waals surface area contributed by atoms with Gasteiger partial charge in [-0.1, -0.05) is 6.92 Å². The lowest BCUT2D eigenvalue weighted by Gasteiger charge is -2.38. The highest BCUT2D eigenvalue weighted by Gasteiger charge is 2.29. The first-order valence-corrected chi connectivity index (χ1v) is 9.11. The molecule has 1 N–H and O–H groups in total. The summed E-state index contributed by atoms with van der Waals surface area (Å²) in [6.07, 6.45) is 6.13. The largest absolute Gasteiger partial charge is 0.314 e. The Morgan fingerprint density at radius 3 is 2.28 bits per heavy atom. The summed E-state index contributed by atoms with van der Waals surface area (Å²) < 4.78 is 22.8. The third-order valence-corrected chi connectivity index (χ3v) is 5.88. The van der Waals surface area contributed by atoms with Crippen molar-refractivity contribution in [2.75, 3.05) is 31.1 Å². The van der Waals surface area contributed by atoms with Crippen molar-refractivity contribution in [2.45, 2.75) is 51.1 Å². The summed E-state index contributed by atoms with van der Waals surface area (Å²) in [5.41, 5.74) is 0. The fraction of sp³-hybridized carbons (Fsp3) is 1.00. The molecule has 0 unspecified atom stereocenters. The van der Waals surface area contributed by atoms with E-state index in [9.17, 15) is 8.42 Å². The Kier molecular flexibility index (Phi) is 5.04. The van der Waals surface area contributed by atoms with Crippen LogP contribution in [0.25, 0.3) is 0 Å². The SMILES string of the molecule is CCCNC1CCC(N2CCS(=O)(=O)CC2)CC1. The number of hydrogen-bond acceptors (Lipinski definition) is 4. The summed E-state index contributed by atoms with van der Waals surface area (Å²) in [7, 11) is -2.73. The molecule has 1 saturated carbocycles. The van der Waals surface area contributed by atoms with Crippen LogP contribution in [0.15, 0.2) is 0 Å². The van der Waals surface area contributed by atoms with E-state index in [0.717, 1.165) is 19.6 Å². The third-order valence-electron chi connectivity index (χ3n) is 4.28. The number of sulfone groups is 1. The number of nitrogens with one attached hydrogen (secondary N) is 1. The molecule has 0 bridgehead atoms. The Morgan fingerprint density at radius 2 is 1.72 bits per heavy atom. The van der Waals surface area contributed by atoms with Gasteiger partial charge < -0.3 is 5.32 Å². The summed E-state index contributed by atoms with van der Waals surface area (Å²) in [5.74, 6) is 0.724. The second kappa shape index (κ2) is 6.35. The van der Waals surface area contributed by atoms with Crippen LogP contribution in [0.2, 0.25) is 0 Å². The van der Waals surface area contributed by atoms with E-state index < -0.39 is 9.84 Å². The smallest absolute Gasteiger partial charge is 0.152 e. The van der Waals surface area contributed by atoms with E-state index in [-0.39, 0.29) is 0 Å². The predicted molar refractivity (Wildman–Crippen MR) is 74.6 cm³/mol. The molecule has 1 heterocycles. The molecule has 5 heteroatoms. The minimum absolute atomic E-state index is 0.362. The minimum Gasteiger partial charge on any atom is -0.314 e. The van der Waals surface area contributed by atoms with Crippen LogP contribution in [0.4, 0.5) is 0 Å². The average Bonchev–Trinajstić information content (AvgIpc) is 2.37. The van der Waals surface area contributed by atoms with Crippen LogP contribution in [0.5, 0.6) is 0 Å². The molecule has 18 heavy (non-hydrogen) atoms. The zero-order valence-electron chi connectivity index (χ0n) is 11.4. The molecule has 0 radical (unpaired) electrons. The number of hydrogen-bond donors (Lipinski definition) is 1. The molecule has 2 fully saturated rings. The lowest BCUT2D eigenvalue weighted by atomic mass is 9.90. The topological polar surface area (TPSA) is 49.4 Å². The minimum atomic E-state index is -2.73. The zero-order valence-corrected chi connectivity index (χ0v) is 12.2. The van der Waals surface area contributed by atoms with Crippen LogP contribution in [0, 0.1) is 0 Å². The van der Waals surface area contributed by atoms with E-state index in [0.29, 0.717) is 23.6 Å². The van der Waals surface area contributed by atoms with Crippen molar-refractivity contribution in [2.24, 2.45) is 0 Å². The van der Waals surface area contributed by atoms with Crippen molar-refractivity contribution in [1.29, 1.82) is 0 Å². The summed E-state index contributed by atoms with van der Waals surface area (Å²) in [6, 6.07) is 1.31. The molecule has 2 rings (SSSR count). The third kappa shape index (κ3) is 3.93. The second-order valence-corrected chi connectivity index (χ2v) is 7.95. The Bertz CT molecular complexity index is 334. The molecule has 1 aliphatic heterocycles. The standard InChI is InChI=1S/C13H26N2O2S/c1-2-7-14-12-3-5-13(6-4-12)15-8-10-18(16,17)11-9-15/h12-14H,2-11H2,1H3. The van der Waals surface area contributed by atoms with Crippen molar-refractivity contribution in [3.8, 4) is 0 Å². The van der Waals surface area contributed by atoms with Crippen molar-refractivity contribution < 1.29 is 8.42 Å². The molecule has 0 aromatic heterocycles. The van der Waals surface area contributed by atoms with Crippen molar-refractivity contribution in [3.63, 3.8) is 0 Å². The van der Waals surface area contributed by atoms with Gasteiger partial charge in [0.15, 0.2) is 9.84 Å². The maximum Gasteiger partial charge on any atom is 0.152 e. The van der Waals surface area contributed by atoms with Crippen molar-refractivity contribution in [3.05, 3.63) is 0 Å². The Labute approximate surface area is 111 Å². The monoisotopic (exact) mass is 274 g/mol. The highest BCUT2D eigenvalue weighted by molar-refractivity contribution is 7.91. The molecule has 1 aliphatic carbocycles. The first-order valence-electron chi connectivity index (χ1n) is 7.28. The van der Waals surface area contributed by atoms with E-state index in [1.165, 1.54) is 32.1 Å². The van der Waals surface area contributed by atoms with Gasteiger partial charge in [0.2, 0.25) is 0 Å². The van der Waals surface area contributed by atoms with Crippen molar-refractivity contribution >= 4 is 9.84 Å². The van der Waals surface area contributed by atoms with Crippen LogP contribution >= 0.6 is 0 Å². The zero-order chi connectivity index (χ0) is 13.0. The molecule has 0 atom stereocenters. The van der Waals surface area contributed by atoms with E-state index in [1.807, 2.05) is 0 Å². The van der Waals surface area contributed by atoms with Crippen LogP contribution in [-0.4, -0.2) is 56.5 Å². The maximum absolute atomic E-state index is 11.4. The average molecular weight is 274 g/mol. The van der Waals surface area contributed by atoms with Gasteiger partial charge in [-0.2, -0.15) is 0 Å². The maximum atomic E-state index is 11.4. The molecular weight excluding hydrogens is 248 g/mol. The fourth-order valence-electron chi connectivity index (χ4n) is 3.09. The van der Waals surface area contributed by atoms with Gasteiger partial charge in [0.05, 0.1) is 11.5 Å². The molecule has 2 aliphatic rings. The summed E-state index contributed by atoms with van der Waals surface area (Å²) >= 11 is 0. The summed E-state index contributed by atoms with van der Waals surface area (Å²) in [5, 5.41) is 3.59. The van der Waals surface area contributed by atoms with Crippen LogP contribution < -0.4 is 5.32 Å². The van der Waals surface area contributed by atoms with Crippen LogP contribution in [0.3, 0.4) is 0 Å². The lowest BCUT2D eigenvalue weighted by molar-refractivity contribution is 0.154. The quantitative estimate of drug-likeness (QED) is 0.832. The Hall–Kier alpha value is -0.130. The molecule has 0 amide bonds. The highest BCUT2D eigenvalue weighted by Crippen LogP contribution is 2.24. The van der Waals surface area contributed by atoms with Crippen molar-refractivity contribution in [1.82, 2.24) is 10.2 Å². The number of rotatable bonds is 4. The van der Waals surface area contributed by atoms with Gasteiger partial charge in [-0.3, -0.25) is 4.90 Å². The van der Waals surface area contributed by atoms with Crippen LogP contribution in [0.1, 0.15) is 39.0 Å². The second-order valence-electron chi connectivity index (χ2n) is 5.65. The summed E-state index contributed by atoms with van der Waals surface area (Å²) in [4.78, 5) is 2.40. The van der Waals surface area contributed by atoms with Gasteiger partial charge in [-0.25, -0.2) is 8.42 Å². The highest BCUT2D eigenvalue weighted by atomic mass is 32.2. The van der Waals surface area contributed by atoms with Crippen LogP contribution in [-0.2, 0) is 9.84 Å². The molecule has 4 nitrogen and oxygen atoms in total. The predicted octanol–water partition coefficient (Wildman–Crippen LogP) is 1.03.